The van der Waals surface area contributed by atoms with Gasteiger partial charge < -0.3 is 4.90 Å². The van der Waals surface area contributed by atoms with Crippen molar-refractivity contribution < 1.29 is 0 Å². The smallest absolute Gasteiger partial charge is 0.0964 e. The van der Waals surface area contributed by atoms with Crippen LogP contribution in [0.2, 0.25) is 0 Å². The fourth-order valence-electron chi connectivity index (χ4n) is 2.24. The molecule has 2 heterocycles. The van der Waals surface area contributed by atoms with Gasteiger partial charge in [0.25, 0.3) is 0 Å². The van der Waals surface area contributed by atoms with E-state index in [2.05, 4.69) is 35.7 Å². The SMILES string of the molecule is C=Cc1csc(C2CCN(C(C)C)CC2)n1. The van der Waals surface area contributed by atoms with Gasteiger partial charge in [-0.1, -0.05) is 6.58 Å². The van der Waals surface area contributed by atoms with Gasteiger partial charge in [-0.25, -0.2) is 4.98 Å². The molecule has 1 saturated heterocycles. The minimum Gasteiger partial charge on any atom is -0.301 e. The van der Waals surface area contributed by atoms with E-state index in [1.165, 1.54) is 30.9 Å². The van der Waals surface area contributed by atoms with E-state index in [1.54, 1.807) is 11.3 Å². The summed E-state index contributed by atoms with van der Waals surface area (Å²) in [5.41, 5.74) is 1.03. The minimum atomic E-state index is 0.675. The molecule has 0 amide bonds. The highest BCUT2D eigenvalue weighted by Crippen LogP contribution is 2.30. The van der Waals surface area contributed by atoms with Crippen LogP contribution < -0.4 is 0 Å². The van der Waals surface area contributed by atoms with E-state index in [1.807, 2.05) is 6.08 Å². The van der Waals surface area contributed by atoms with Gasteiger partial charge in [0.15, 0.2) is 0 Å². The third-order valence-electron chi connectivity index (χ3n) is 3.36. The fourth-order valence-corrected chi connectivity index (χ4v) is 3.22. The van der Waals surface area contributed by atoms with Crippen LogP contribution in [0.5, 0.6) is 0 Å². The molecule has 0 radical (unpaired) electrons. The first kappa shape index (κ1) is 11.8. The zero-order valence-electron chi connectivity index (χ0n) is 10.1. The fraction of sp³-hybridized carbons (Fsp3) is 0.615. The molecular weight excluding hydrogens is 216 g/mol. The summed E-state index contributed by atoms with van der Waals surface area (Å²) in [6.07, 6.45) is 4.34. The molecule has 1 aliphatic heterocycles. The molecule has 0 aliphatic carbocycles. The van der Waals surface area contributed by atoms with Gasteiger partial charge in [-0.05, 0) is 45.9 Å². The summed E-state index contributed by atoms with van der Waals surface area (Å²) >= 11 is 1.79. The van der Waals surface area contributed by atoms with Crippen molar-refractivity contribution in [3.8, 4) is 0 Å². The lowest BCUT2D eigenvalue weighted by Gasteiger charge is -2.33. The molecule has 1 aliphatic rings. The predicted octanol–water partition coefficient (Wildman–Crippen LogP) is 3.37. The maximum Gasteiger partial charge on any atom is 0.0964 e. The quantitative estimate of drug-likeness (QED) is 0.800. The zero-order chi connectivity index (χ0) is 11.5. The Balaban J connectivity index is 1.96. The van der Waals surface area contributed by atoms with Crippen LogP contribution >= 0.6 is 11.3 Å². The average Bonchev–Trinajstić information content (AvgIpc) is 2.77. The summed E-state index contributed by atoms with van der Waals surface area (Å²) in [4.78, 5) is 7.16. The first-order valence-electron chi connectivity index (χ1n) is 6.02. The largest absolute Gasteiger partial charge is 0.301 e. The molecule has 0 saturated carbocycles. The van der Waals surface area contributed by atoms with E-state index in [9.17, 15) is 0 Å². The Hall–Kier alpha value is -0.670. The molecule has 3 heteroatoms. The standard InChI is InChI=1S/C13H20N2S/c1-4-12-9-16-13(14-12)11-5-7-15(8-6-11)10(2)3/h4,9-11H,1,5-8H2,2-3H3. The summed E-state index contributed by atoms with van der Waals surface area (Å²) in [7, 11) is 0. The van der Waals surface area contributed by atoms with Crippen molar-refractivity contribution in [1.82, 2.24) is 9.88 Å². The van der Waals surface area contributed by atoms with E-state index in [0.717, 1.165) is 5.69 Å². The van der Waals surface area contributed by atoms with Gasteiger partial charge in [0.05, 0.1) is 10.7 Å². The summed E-state index contributed by atoms with van der Waals surface area (Å²) in [5, 5.41) is 3.41. The van der Waals surface area contributed by atoms with Crippen LogP contribution in [0.3, 0.4) is 0 Å². The van der Waals surface area contributed by atoms with E-state index in [4.69, 9.17) is 0 Å². The van der Waals surface area contributed by atoms with Gasteiger partial charge >= 0.3 is 0 Å². The monoisotopic (exact) mass is 236 g/mol. The molecule has 1 fully saturated rings. The Morgan fingerprint density at radius 1 is 1.50 bits per heavy atom. The van der Waals surface area contributed by atoms with E-state index in [-0.39, 0.29) is 0 Å². The van der Waals surface area contributed by atoms with Crippen LogP contribution in [0, 0.1) is 0 Å². The van der Waals surface area contributed by atoms with Crippen molar-refractivity contribution in [3.05, 3.63) is 22.7 Å². The highest BCUT2D eigenvalue weighted by Gasteiger charge is 2.23. The van der Waals surface area contributed by atoms with Gasteiger partial charge in [0.2, 0.25) is 0 Å². The van der Waals surface area contributed by atoms with Crippen molar-refractivity contribution in [1.29, 1.82) is 0 Å². The van der Waals surface area contributed by atoms with Crippen molar-refractivity contribution in [3.63, 3.8) is 0 Å². The molecule has 0 aromatic carbocycles. The molecule has 0 atom stereocenters. The van der Waals surface area contributed by atoms with Crippen LogP contribution in [0.15, 0.2) is 12.0 Å². The molecule has 1 aromatic heterocycles. The molecule has 2 nitrogen and oxygen atoms in total. The van der Waals surface area contributed by atoms with Crippen LogP contribution in [-0.4, -0.2) is 29.0 Å². The van der Waals surface area contributed by atoms with Gasteiger partial charge in [-0.2, -0.15) is 0 Å². The summed E-state index contributed by atoms with van der Waals surface area (Å²) < 4.78 is 0. The van der Waals surface area contributed by atoms with Gasteiger partial charge in [-0.15, -0.1) is 11.3 Å². The van der Waals surface area contributed by atoms with Gasteiger partial charge in [0.1, 0.15) is 0 Å². The Labute approximate surface area is 102 Å². The lowest BCUT2D eigenvalue weighted by atomic mass is 9.97. The minimum absolute atomic E-state index is 0.675. The second-order valence-electron chi connectivity index (χ2n) is 4.72. The Bertz CT molecular complexity index is 349. The van der Waals surface area contributed by atoms with Crippen molar-refractivity contribution in [2.24, 2.45) is 0 Å². The number of hydrogen-bond donors (Lipinski definition) is 0. The van der Waals surface area contributed by atoms with E-state index < -0.39 is 0 Å². The Morgan fingerprint density at radius 3 is 2.69 bits per heavy atom. The molecule has 1 aromatic rings. The maximum absolute atomic E-state index is 4.60. The van der Waals surface area contributed by atoms with E-state index >= 15 is 0 Å². The number of rotatable bonds is 3. The third-order valence-corrected chi connectivity index (χ3v) is 4.38. The number of thiazole rings is 1. The van der Waals surface area contributed by atoms with Gasteiger partial charge in [0, 0.05) is 17.3 Å². The highest BCUT2D eigenvalue weighted by atomic mass is 32.1. The summed E-state index contributed by atoms with van der Waals surface area (Å²) in [6, 6.07) is 0.681. The normalized spacial score (nSPS) is 19.2. The van der Waals surface area contributed by atoms with Crippen LogP contribution in [0.4, 0.5) is 0 Å². The van der Waals surface area contributed by atoms with Crippen LogP contribution in [-0.2, 0) is 0 Å². The Kier molecular flexibility index (Phi) is 3.77. The molecule has 88 valence electrons. The lowest BCUT2D eigenvalue weighted by Crippen LogP contribution is -2.37. The number of aromatic nitrogens is 1. The molecule has 0 unspecified atom stereocenters. The molecule has 0 spiro atoms. The van der Waals surface area contributed by atoms with Crippen LogP contribution in [0.1, 0.15) is 43.3 Å². The number of hydrogen-bond acceptors (Lipinski definition) is 3. The predicted molar refractivity (Wildman–Crippen MR) is 70.9 cm³/mol. The first-order valence-corrected chi connectivity index (χ1v) is 6.90. The second-order valence-corrected chi connectivity index (χ2v) is 5.61. The van der Waals surface area contributed by atoms with E-state index in [0.29, 0.717) is 12.0 Å². The molecule has 0 bridgehead atoms. The average molecular weight is 236 g/mol. The molecule has 2 rings (SSSR count). The van der Waals surface area contributed by atoms with Crippen molar-refractivity contribution >= 4 is 17.4 Å². The van der Waals surface area contributed by atoms with Crippen molar-refractivity contribution in [2.45, 2.75) is 38.6 Å². The Morgan fingerprint density at radius 2 is 2.19 bits per heavy atom. The topological polar surface area (TPSA) is 16.1 Å². The number of likely N-dealkylation sites (tertiary alicyclic amines) is 1. The number of nitrogens with zero attached hydrogens (tertiary/aromatic N) is 2. The zero-order valence-corrected chi connectivity index (χ0v) is 11.0. The lowest BCUT2D eigenvalue weighted by molar-refractivity contribution is 0.172. The third kappa shape index (κ3) is 2.53. The highest BCUT2D eigenvalue weighted by molar-refractivity contribution is 7.09. The van der Waals surface area contributed by atoms with Crippen molar-refractivity contribution in [2.75, 3.05) is 13.1 Å². The van der Waals surface area contributed by atoms with Crippen LogP contribution in [0.25, 0.3) is 6.08 Å². The summed E-state index contributed by atoms with van der Waals surface area (Å²) in [5.74, 6) is 0.675. The molecular formula is C13H20N2S. The molecule has 16 heavy (non-hydrogen) atoms. The van der Waals surface area contributed by atoms with Gasteiger partial charge in [-0.3, -0.25) is 0 Å². The first-order chi connectivity index (χ1) is 7.70. The number of piperidine rings is 1. The second kappa shape index (κ2) is 5.11. The molecule has 0 N–H and O–H groups in total. The maximum atomic E-state index is 4.60. The summed E-state index contributed by atoms with van der Waals surface area (Å²) in [6.45, 7) is 10.7.